The van der Waals surface area contributed by atoms with E-state index in [2.05, 4.69) is 20.5 Å². The van der Waals surface area contributed by atoms with Crippen LogP contribution in [0.3, 0.4) is 0 Å². The smallest absolute Gasteiger partial charge is 0.284 e. The average molecular weight is 445 g/mol. The maximum atomic E-state index is 13.5. The number of rotatable bonds is 6. The zero-order valence-corrected chi connectivity index (χ0v) is 17.0. The van der Waals surface area contributed by atoms with E-state index in [9.17, 15) is 18.4 Å². The van der Waals surface area contributed by atoms with Crippen LogP contribution in [0.1, 0.15) is 41.4 Å². The molecule has 32 heavy (non-hydrogen) atoms. The number of carbonyl (C=O) groups excluding carboxylic acids is 2. The van der Waals surface area contributed by atoms with Crippen molar-refractivity contribution < 1.29 is 23.1 Å². The fourth-order valence-corrected chi connectivity index (χ4v) is 3.98. The van der Waals surface area contributed by atoms with Crippen molar-refractivity contribution in [1.29, 1.82) is 0 Å². The molecular formula is C20H21F2N7O3. The minimum absolute atomic E-state index is 0.0664. The topological polar surface area (TPSA) is 107 Å². The summed E-state index contributed by atoms with van der Waals surface area (Å²) in [5, 5.41) is 10.6. The number of nitrogens with one attached hydrogen (secondary N) is 1. The third-order valence-corrected chi connectivity index (χ3v) is 5.87. The van der Waals surface area contributed by atoms with Gasteiger partial charge in [0.25, 0.3) is 12.3 Å². The molecule has 1 aliphatic carbocycles. The number of nitrogens with zero attached hydrogens (tertiary/aromatic N) is 6. The first-order valence-electron chi connectivity index (χ1n) is 10.3. The van der Waals surface area contributed by atoms with E-state index >= 15 is 0 Å². The highest BCUT2D eigenvalue weighted by atomic mass is 19.3. The number of ether oxygens (including phenoxy) is 1. The number of aromatic nitrogens is 5. The van der Waals surface area contributed by atoms with E-state index in [1.54, 1.807) is 12.3 Å². The van der Waals surface area contributed by atoms with Gasteiger partial charge >= 0.3 is 0 Å². The summed E-state index contributed by atoms with van der Waals surface area (Å²) in [5.74, 6) is 0.00127. The van der Waals surface area contributed by atoms with Gasteiger partial charge in [-0.2, -0.15) is 10.2 Å². The van der Waals surface area contributed by atoms with Gasteiger partial charge in [-0.3, -0.25) is 9.48 Å². The van der Waals surface area contributed by atoms with Crippen LogP contribution in [-0.4, -0.2) is 62.9 Å². The third kappa shape index (κ3) is 3.70. The predicted octanol–water partition coefficient (Wildman–Crippen LogP) is 2.10. The molecule has 1 saturated carbocycles. The SMILES string of the molecule is O=CC1CC(n2cc(NC(=O)c3cnn4ccc(N5CCOCC5)nc34)c(C(F)F)n2)C1. The normalized spacial score (nSPS) is 21.0. The highest BCUT2D eigenvalue weighted by Gasteiger charge is 2.33. The summed E-state index contributed by atoms with van der Waals surface area (Å²) >= 11 is 0. The van der Waals surface area contributed by atoms with Crippen LogP contribution >= 0.6 is 0 Å². The summed E-state index contributed by atoms with van der Waals surface area (Å²) in [7, 11) is 0. The predicted molar refractivity (Wildman–Crippen MR) is 109 cm³/mol. The lowest BCUT2D eigenvalue weighted by atomic mass is 9.81. The molecule has 1 N–H and O–H groups in total. The molecule has 5 rings (SSSR count). The molecule has 0 bridgehead atoms. The van der Waals surface area contributed by atoms with Crippen molar-refractivity contribution >= 4 is 29.3 Å². The number of aldehydes is 1. The molecule has 2 aliphatic rings. The second-order valence-corrected chi connectivity index (χ2v) is 7.90. The fourth-order valence-electron chi connectivity index (χ4n) is 3.98. The maximum absolute atomic E-state index is 13.5. The molecule has 1 aliphatic heterocycles. The van der Waals surface area contributed by atoms with E-state index in [0.29, 0.717) is 50.6 Å². The van der Waals surface area contributed by atoms with Gasteiger partial charge in [0, 0.05) is 31.4 Å². The zero-order valence-electron chi connectivity index (χ0n) is 17.0. The Balaban J connectivity index is 1.40. The van der Waals surface area contributed by atoms with Crippen LogP contribution < -0.4 is 10.2 Å². The molecule has 3 aromatic rings. The number of hydrogen-bond acceptors (Lipinski definition) is 7. The lowest BCUT2D eigenvalue weighted by Gasteiger charge is -2.31. The second-order valence-electron chi connectivity index (χ2n) is 7.90. The minimum Gasteiger partial charge on any atom is -0.378 e. The first-order chi connectivity index (χ1) is 15.5. The number of morpholine rings is 1. The molecule has 0 spiro atoms. The first-order valence-corrected chi connectivity index (χ1v) is 10.3. The third-order valence-electron chi connectivity index (χ3n) is 5.87. The molecule has 2 fully saturated rings. The molecule has 4 heterocycles. The van der Waals surface area contributed by atoms with Gasteiger partial charge in [0.2, 0.25) is 0 Å². The van der Waals surface area contributed by atoms with Crippen LogP contribution in [0.2, 0.25) is 0 Å². The number of alkyl halides is 2. The standard InChI is InChI=1S/C20H21F2N7O3/c21-18(22)17-15(10-29(26-17)13-7-12(8-13)11-30)24-20(31)14-9-23-28-2-1-16(25-19(14)28)27-3-5-32-6-4-27/h1-2,9-13,18H,3-8H2,(H,24,31). The van der Waals surface area contributed by atoms with Crippen molar-refractivity contribution in [2.75, 3.05) is 36.5 Å². The highest BCUT2D eigenvalue weighted by Crippen LogP contribution is 2.38. The van der Waals surface area contributed by atoms with Crippen LogP contribution in [0.15, 0.2) is 24.7 Å². The summed E-state index contributed by atoms with van der Waals surface area (Å²) in [6.45, 7) is 2.55. The Labute approximate surface area is 181 Å². The van der Waals surface area contributed by atoms with Gasteiger partial charge in [-0.05, 0) is 18.9 Å². The molecule has 0 atom stereocenters. The van der Waals surface area contributed by atoms with Crippen molar-refractivity contribution in [3.8, 4) is 0 Å². The van der Waals surface area contributed by atoms with Crippen molar-refractivity contribution in [1.82, 2.24) is 24.4 Å². The van der Waals surface area contributed by atoms with Crippen molar-refractivity contribution in [3.63, 3.8) is 0 Å². The van der Waals surface area contributed by atoms with Gasteiger partial charge in [-0.25, -0.2) is 18.3 Å². The molecule has 10 nitrogen and oxygen atoms in total. The van der Waals surface area contributed by atoms with Crippen molar-refractivity contribution in [3.05, 3.63) is 35.9 Å². The van der Waals surface area contributed by atoms with Gasteiger partial charge < -0.3 is 19.7 Å². The Hall–Kier alpha value is -3.41. The molecule has 3 aromatic heterocycles. The largest absolute Gasteiger partial charge is 0.378 e. The van der Waals surface area contributed by atoms with Gasteiger partial charge in [-0.15, -0.1) is 0 Å². The number of carbonyl (C=O) groups is 2. The van der Waals surface area contributed by atoms with E-state index < -0.39 is 18.0 Å². The maximum Gasteiger partial charge on any atom is 0.284 e. The average Bonchev–Trinajstić information content (AvgIpc) is 3.37. The monoisotopic (exact) mass is 445 g/mol. The number of hydrogen-bond donors (Lipinski definition) is 1. The number of amides is 1. The van der Waals surface area contributed by atoms with E-state index in [1.165, 1.54) is 21.6 Å². The summed E-state index contributed by atoms with van der Waals surface area (Å²) < 4.78 is 35.3. The molecule has 0 radical (unpaired) electrons. The van der Waals surface area contributed by atoms with E-state index in [1.807, 2.05) is 4.90 Å². The van der Waals surface area contributed by atoms with Gasteiger partial charge in [0.15, 0.2) is 11.3 Å². The fraction of sp³-hybridized carbons (Fsp3) is 0.450. The Morgan fingerprint density at radius 3 is 2.78 bits per heavy atom. The Morgan fingerprint density at radius 1 is 1.28 bits per heavy atom. The highest BCUT2D eigenvalue weighted by molar-refractivity contribution is 6.08. The molecule has 168 valence electrons. The van der Waals surface area contributed by atoms with E-state index in [4.69, 9.17) is 4.74 Å². The Morgan fingerprint density at radius 2 is 2.06 bits per heavy atom. The van der Waals surface area contributed by atoms with Crippen molar-refractivity contribution in [2.45, 2.75) is 25.3 Å². The quantitative estimate of drug-likeness (QED) is 0.579. The lowest BCUT2D eigenvalue weighted by Crippen LogP contribution is -2.36. The van der Waals surface area contributed by atoms with Crippen LogP contribution in [0.5, 0.6) is 0 Å². The molecule has 1 amide bonds. The Bertz CT molecular complexity index is 1150. The van der Waals surface area contributed by atoms with E-state index in [-0.39, 0.29) is 23.2 Å². The van der Waals surface area contributed by atoms with Gasteiger partial charge in [-0.1, -0.05) is 0 Å². The molecule has 0 unspecified atom stereocenters. The van der Waals surface area contributed by atoms with Crippen LogP contribution in [-0.2, 0) is 9.53 Å². The summed E-state index contributed by atoms with van der Waals surface area (Å²) in [5.41, 5.74) is -0.0855. The number of halogens is 2. The Kier molecular flexibility index (Phi) is 5.29. The lowest BCUT2D eigenvalue weighted by molar-refractivity contribution is -0.114. The first kappa shape index (κ1) is 20.5. The second kappa shape index (κ2) is 8.26. The van der Waals surface area contributed by atoms with Crippen LogP contribution in [0.25, 0.3) is 5.65 Å². The summed E-state index contributed by atoms with van der Waals surface area (Å²) in [6.07, 6.45) is 3.54. The van der Waals surface area contributed by atoms with Crippen LogP contribution in [0, 0.1) is 5.92 Å². The minimum atomic E-state index is -2.86. The zero-order chi connectivity index (χ0) is 22.2. The molecular weight excluding hydrogens is 424 g/mol. The van der Waals surface area contributed by atoms with Crippen LogP contribution in [0.4, 0.5) is 20.3 Å². The molecule has 0 aromatic carbocycles. The van der Waals surface area contributed by atoms with Gasteiger partial charge in [0.05, 0.1) is 31.1 Å². The number of fused-ring (bicyclic) bond motifs is 1. The summed E-state index contributed by atoms with van der Waals surface area (Å²) in [6, 6.07) is 1.67. The number of anilines is 2. The summed E-state index contributed by atoms with van der Waals surface area (Å²) in [4.78, 5) is 30.4. The molecule has 12 heteroatoms. The van der Waals surface area contributed by atoms with Crippen molar-refractivity contribution in [2.24, 2.45) is 5.92 Å². The van der Waals surface area contributed by atoms with Gasteiger partial charge in [0.1, 0.15) is 17.7 Å². The van der Waals surface area contributed by atoms with E-state index in [0.717, 1.165) is 6.29 Å². The molecule has 1 saturated heterocycles.